The summed E-state index contributed by atoms with van der Waals surface area (Å²) in [6.45, 7) is 3.12. The SMILES string of the molecule is CCCc1c(NC)ncnc1N(C)CC1CC(O)C1. The molecule has 0 spiro atoms. The summed E-state index contributed by atoms with van der Waals surface area (Å²) in [5, 5.41) is 12.5. The molecule has 1 aromatic heterocycles. The number of rotatable bonds is 6. The standard InChI is InChI=1S/C14H24N4O/c1-4-5-12-13(15-2)16-9-17-14(12)18(3)8-10-6-11(19)7-10/h9-11,19H,4-8H2,1-3H3,(H,15,16,17). The summed E-state index contributed by atoms with van der Waals surface area (Å²) in [7, 11) is 3.97. The molecule has 0 unspecified atom stereocenters. The van der Waals surface area contributed by atoms with Gasteiger partial charge in [-0.3, -0.25) is 0 Å². The van der Waals surface area contributed by atoms with Crippen LogP contribution in [0.1, 0.15) is 31.7 Å². The van der Waals surface area contributed by atoms with Crippen LogP contribution in [-0.4, -0.2) is 41.8 Å². The number of aliphatic hydroxyl groups excluding tert-OH is 1. The van der Waals surface area contributed by atoms with Crippen LogP contribution in [0.3, 0.4) is 0 Å². The minimum Gasteiger partial charge on any atom is -0.393 e. The normalized spacial score (nSPS) is 21.9. The van der Waals surface area contributed by atoms with Crippen molar-refractivity contribution in [1.82, 2.24) is 9.97 Å². The Labute approximate surface area is 115 Å². The van der Waals surface area contributed by atoms with Crippen LogP contribution in [0.2, 0.25) is 0 Å². The molecule has 0 saturated heterocycles. The molecule has 0 amide bonds. The van der Waals surface area contributed by atoms with E-state index in [1.165, 1.54) is 5.56 Å². The smallest absolute Gasteiger partial charge is 0.137 e. The van der Waals surface area contributed by atoms with E-state index < -0.39 is 0 Å². The van der Waals surface area contributed by atoms with E-state index in [1.54, 1.807) is 6.33 Å². The van der Waals surface area contributed by atoms with Gasteiger partial charge in [-0.2, -0.15) is 0 Å². The Morgan fingerprint density at radius 1 is 1.42 bits per heavy atom. The van der Waals surface area contributed by atoms with E-state index in [9.17, 15) is 5.11 Å². The quantitative estimate of drug-likeness (QED) is 0.818. The lowest BCUT2D eigenvalue weighted by Crippen LogP contribution is -2.37. The first kappa shape index (κ1) is 14.1. The number of anilines is 2. The highest BCUT2D eigenvalue weighted by Crippen LogP contribution is 2.30. The van der Waals surface area contributed by atoms with Crippen molar-refractivity contribution in [2.45, 2.75) is 38.7 Å². The lowest BCUT2D eigenvalue weighted by atomic mass is 9.82. The fourth-order valence-electron chi connectivity index (χ4n) is 2.75. The number of nitrogens with one attached hydrogen (secondary N) is 1. The van der Waals surface area contributed by atoms with Crippen LogP contribution in [0.25, 0.3) is 0 Å². The molecule has 106 valence electrons. The molecule has 1 heterocycles. The molecule has 5 heteroatoms. The predicted molar refractivity (Wildman–Crippen MR) is 77.6 cm³/mol. The van der Waals surface area contributed by atoms with Gasteiger partial charge in [0.15, 0.2) is 0 Å². The Hall–Kier alpha value is -1.36. The van der Waals surface area contributed by atoms with Crippen LogP contribution in [0.4, 0.5) is 11.6 Å². The molecule has 0 bridgehead atoms. The Morgan fingerprint density at radius 3 is 2.74 bits per heavy atom. The topological polar surface area (TPSA) is 61.3 Å². The van der Waals surface area contributed by atoms with Crippen LogP contribution >= 0.6 is 0 Å². The minimum absolute atomic E-state index is 0.0909. The van der Waals surface area contributed by atoms with Crippen LogP contribution in [0.15, 0.2) is 6.33 Å². The lowest BCUT2D eigenvalue weighted by molar-refractivity contribution is 0.0464. The van der Waals surface area contributed by atoms with Crippen LogP contribution in [0.5, 0.6) is 0 Å². The van der Waals surface area contributed by atoms with Crippen LogP contribution in [0, 0.1) is 5.92 Å². The van der Waals surface area contributed by atoms with Crippen LogP contribution < -0.4 is 10.2 Å². The van der Waals surface area contributed by atoms with E-state index >= 15 is 0 Å². The first-order valence-electron chi connectivity index (χ1n) is 7.06. The third kappa shape index (κ3) is 3.15. The fraction of sp³-hybridized carbons (Fsp3) is 0.714. The summed E-state index contributed by atoms with van der Waals surface area (Å²) < 4.78 is 0. The van der Waals surface area contributed by atoms with Gasteiger partial charge in [-0.25, -0.2) is 9.97 Å². The van der Waals surface area contributed by atoms with Crippen molar-refractivity contribution < 1.29 is 5.11 Å². The Kier molecular flexibility index (Phi) is 4.58. The zero-order chi connectivity index (χ0) is 13.8. The molecule has 0 aromatic carbocycles. The first-order chi connectivity index (χ1) is 9.15. The van der Waals surface area contributed by atoms with Gasteiger partial charge in [-0.15, -0.1) is 0 Å². The Balaban J connectivity index is 2.12. The van der Waals surface area contributed by atoms with Crippen molar-refractivity contribution in [3.05, 3.63) is 11.9 Å². The van der Waals surface area contributed by atoms with Gasteiger partial charge in [0.25, 0.3) is 0 Å². The molecule has 1 fully saturated rings. The molecule has 19 heavy (non-hydrogen) atoms. The molecule has 1 aliphatic carbocycles. The summed E-state index contributed by atoms with van der Waals surface area (Å²) in [5.74, 6) is 2.53. The van der Waals surface area contributed by atoms with Crippen LogP contribution in [-0.2, 0) is 6.42 Å². The van der Waals surface area contributed by atoms with Gasteiger partial charge < -0.3 is 15.3 Å². The Morgan fingerprint density at radius 2 is 2.16 bits per heavy atom. The van der Waals surface area contributed by atoms with Gasteiger partial charge in [0.2, 0.25) is 0 Å². The molecular formula is C14H24N4O. The van der Waals surface area contributed by atoms with Gasteiger partial charge in [-0.1, -0.05) is 13.3 Å². The number of aliphatic hydroxyl groups is 1. The highest BCUT2D eigenvalue weighted by Gasteiger charge is 2.28. The fourth-order valence-corrected chi connectivity index (χ4v) is 2.75. The molecule has 1 aromatic rings. The molecule has 2 N–H and O–H groups in total. The van der Waals surface area contributed by atoms with Crippen molar-refractivity contribution in [2.75, 3.05) is 30.9 Å². The highest BCUT2D eigenvalue weighted by atomic mass is 16.3. The van der Waals surface area contributed by atoms with Gasteiger partial charge in [-0.05, 0) is 25.2 Å². The molecule has 2 rings (SSSR count). The van der Waals surface area contributed by atoms with E-state index in [0.29, 0.717) is 5.92 Å². The van der Waals surface area contributed by atoms with Gasteiger partial charge in [0.1, 0.15) is 18.0 Å². The average Bonchev–Trinajstić information content (AvgIpc) is 2.37. The second-order valence-corrected chi connectivity index (χ2v) is 5.40. The molecular weight excluding hydrogens is 240 g/mol. The van der Waals surface area contributed by atoms with Crippen molar-refractivity contribution in [3.63, 3.8) is 0 Å². The summed E-state index contributed by atoms with van der Waals surface area (Å²) >= 11 is 0. The average molecular weight is 264 g/mol. The second-order valence-electron chi connectivity index (χ2n) is 5.40. The van der Waals surface area contributed by atoms with E-state index in [4.69, 9.17) is 0 Å². The largest absolute Gasteiger partial charge is 0.393 e. The molecule has 1 aliphatic rings. The highest BCUT2D eigenvalue weighted by molar-refractivity contribution is 5.58. The maximum absolute atomic E-state index is 9.37. The van der Waals surface area contributed by atoms with Gasteiger partial charge in [0, 0.05) is 26.2 Å². The molecule has 0 radical (unpaired) electrons. The Bertz CT molecular complexity index is 418. The monoisotopic (exact) mass is 264 g/mol. The lowest BCUT2D eigenvalue weighted by Gasteiger charge is -2.35. The summed E-state index contributed by atoms with van der Waals surface area (Å²) in [5.41, 5.74) is 1.19. The zero-order valence-electron chi connectivity index (χ0n) is 12.1. The number of aromatic nitrogens is 2. The number of hydrogen-bond donors (Lipinski definition) is 2. The minimum atomic E-state index is -0.0909. The van der Waals surface area contributed by atoms with Gasteiger partial charge in [0.05, 0.1) is 6.10 Å². The maximum atomic E-state index is 9.37. The number of hydrogen-bond acceptors (Lipinski definition) is 5. The number of nitrogens with zero attached hydrogens (tertiary/aromatic N) is 3. The molecule has 0 atom stereocenters. The van der Waals surface area contributed by atoms with E-state index in [2.05, 4.69) is 34.2 Å². The van der Waals surface area contributed by atoms with E-state index in [-0.39, 0.29) is 6.10 Å². The van der Waals surface area contributed by atoms with E-state index in [0.717, 1.165) is 43.9 Å². The maximum Gasteiger partial charge on any atom is 0.137 e. The van der Waals surface area contributed by atoms with Crippen molar-refractivity contribution in [3.8, 4) is 0 Å². The predicted octanol–water partition coefficient (Wildman–Crippen LogP) is 1.68. The summed E-state index contributed by atoms with van der Waals surface area (Å²) in [4.78, 5) is 10.9. The van der Waals surface area contributed by atoms with Crippen molar-refractivity contribution in [1.29, 1.82) is 0 Å². The third-order valence-electron chi connectivity index (χ3n) is 3.76. The molecule has 0 aliphatic heterocycles. The van der Waals surface area contributed by atoms with Gasteiger partial charge >= 0.3 is 0 Å². The van der Waals surface area contributed by atoms with Crippen molar-refractivity contribution >= 4 is 11.6 Å². The molecule has 1 saturated carbocycles. The summed E-state index contributed by atoms with van der Waals surface area (Å²) in [6, 6.07) is 0. The third-order valence-corrected chi connectivity index (χ3v) is 3.76. The van der Waals surface area contributed by atoms with E-state index in [1.807, 2.05) is 7.05 Å². The zero-order valence-corrected chi connectivity index (χ0v) is 12.1. The first-order valence-corrected chi connectivity index (χ1v) is 7.06. The van der Waals surface area contributed by atoms with Crippen molar-refractivity contribution in [2.24, 2.45) is 5.92 Å². The molecule has 5 nitrogen and oxygen atoms in total. The second kappa shape index (κ2) is 6.19. The summed E-state index contributed by atoms with van der Waals surface area (Å²) in [6.07, 6.45) is 5.41.